The van der Waals surface area contributed by atoms with Gasteiger partial charge >= 0.3 is 5.97 Å². The number of ether oxygens (including phenoxy) is 5. The van der Waals surface area contributed by atoms with Crippen molar-refractivity contribution in [3.8, 4) is 23.0 Å². The highest BCUT2D eigenvalue weighted by atomic mass is 16.6. The Hall–Kier alpha value is -4.26. The number of hydrogen-bond donors (Lipinski definition) is 0. The van der Waals surface area contributed by atoms with Crippen LogP contribution in [0.1, 0.15) is 34.5 Å². The van der Waals surface area contributed by atoms with Crippen molar-refractivity contribution in [2.24, 2.45) is 0 Å². The second-order valence-electron chi connectivity index (χ2n) is 7.37. The van der Waals surface area contributed by atoms with Gasteiger partial charge < -0.3 is 23.7 Å². The minimum atomic E-state index is -0.946. The smallest absolute Gasteiger partial charge is 0.352 e. The summed E-state index contributed by atoms with van der Waals surface area (Å²) in [5.74, 6) is 1.28. The van der Waals surface area contributed by atoms with E-state index in [1.807, 2.05) is 18.2 Å². The van der Waals surface area contributed by atoms with E-state index in [1.54, 1.807) is 75.8 Å². The fourth-order valence-electron chi connectivity index (χ4n) is 3.57. The Bertz CT molecular complexity index is 1230. The van der Waals surface area contributed by atoms with Crippen molar-refractivity contribution < 1.29 is 33.3 Å². The van der Waals surface area contributed by atoms with Gasteiger partial charge in [-0.1, -0.05) is 36.4 Å². The molecule has 0 aliphatic carbocycles. The number of ketones is 1. The van der Waals surface area contributed by atoms with Crippen LogP contribution in [0.4, 0.5) is 0 Å². The van der Waals surface area contributed by atoms with Crippen LogP contribution in [0, 0.1) is 0 Å². The molecular formula is C27H24O7. The minimum Gasteiger partial charge on any atom is -0.493 e. The molecule has 7 nitrogen and oxygen atoms in total. The minimum absolute atomic E-state index is 0.171. The molecular weight excluding hydrogens is 436 g/mol. The van der Waals surface area contributed by atoms with Crippen molar-refractivity contribution >= 4 is 17.8 Å². The molecule has 1 aliphatic heterocycles. The standard InChI is InChI=1S/C27H24O7/c1-4-32-27(29)26(18-8-6-5-7-9-18)33-19-11-12-20-22(16-19)34-24(25(20)28)15-17-10-13-21(30-2)23(14-17)31-3/h5-16,26H,4H2,1-3H3/b24-15-/t26-/m1/s1. The average molecular weight is 460 g/mol. The number of Topliss-reactive ketones (excluding diaryl/α,β-unsaturated/α-hetero) is 1. The molecule has 174 valence electrons. The Morgan fingerprint density at radius 3 is 2.44 bits per heavy atom. The predicted molar refractivity (Wildman–Crippen MR) is 125 cm³/mol. The van der Waals surface area contributed by atoms with E-state index < -0.39 is 12.1 Å². The van der Waals surface area contributed by atoms with Crippen LogP contribution in [0.15, 0.2) is 72.5 Å². The summed E-state index contributed by atoms with van der Waals surface area (Å²) in [5.41, 5.74) is 1.79. The molecule has 0 amide bonds. The summed E-state index contributed by atoms with van der Waals surface area (Å²) in [6, 6.07) is 19.2. The Kier molecular flexibility index (Phi) is 6.82. The summed E-state index contributed by atoms with van der Waals surface area (Å²) in [6.07, 6.45) is 0.689. The summed E-state index contributed by atoms with van der Waals surface area (Å²) in [5, 5.41) is 0. The molecule has 0 unspecified atom stereocenters. The van der Waals surface area contributed by atoms with Crippen molar-refractivity contribution in [2.45, 2.75) is 13.0 Å². The topological polar surface area (TPSA) is 80.3 Å². The zero-order valence-corrected chi connectivity index (χ0v) is 19.1. The Morgan fingerprint density at radius 1 is 0.971 bits per heavy atom. The van der Waals surface area contributed by atoms with Crippen LogP contribution in [-0.2, 0) is 9.53 Å². The number of hydrogen-bond acceptors (Lipinski definition) is 7. The summed E-state index contributed by atoms with van der Waals surface area (Å²) in [7, 11) is 3.10. The monoisotopic (exact) mass is 460 g/mol. The summed E-state index contributed by atoms with van der Waals surface area (Å²) < 4.78 is 27.6. The fourth-order valence-corrected chi connectivity index (χ4v) is 3.57. The first kappa shape index (κ1) is 22.9. The molecule has 0 fully saturated rings. The lowest BCUT2D eigenvalue weighted by molar-refractivity contribution is -0.151. The molecule has 1 aliphatic rings. The van der Waals surface area contributed by atoms with E-state index >= 15 is 0 Å². The molecule has 0 aromatic heterocycles. The first-order valence-electron chi connectivity index (χ1n) is 10.7. The molecule has 0 saturated carbocycles. The van der Waals surface area contributed by atoms with Crippen molar-refractivity contribution in [1.29, 1.82) is 0 Å². The molecule has 3 aromatic carbocycles. The van der Waals surface area contributed by atoms with Gasteiger partial charge in [0.15, 0.2) is 17.3 Å². The van der Waals surface area contributed by atoms with Crippen molar-refractivity contribution in [2.75, 3.05) is 20.8 Å². The highest BCUT2D eigenvalue weighted by Crippen LogP contribution is 2.37. The molecule has 4 rings (SSSR count). The first-order chi connectivity index (χ1) is 16.5. The number of benzene rings is 3. The van der Waals surface area contributed by atoms with Crippen LogP contribution in [0.2, 0.25) is 0 Å². The van der Waals surface area contributed by atoms with E-state index in [2.05, 4.69) is 0 Å². The molecule has 34 heavy (non-hydrogen) atoms. The van der Waals surface area contributed by atoms with E-state index in [0.717, 1.165) is 5.56 Å². The van der Waals surface area contributed by atoms with E-state index in [1.165, 1.54) is 0 Å². The van der Waals surface area contributed by atoms with Gasteiger partial charge in [0.2, 0.25) is 11.9 Å². The lowest BCUT2D eigenvalue weighted by Crippen LogP contribution is -2.21. The van der Waals surface area contributed by atoms with Gasteiger partial charge in [-0.05, 0) is 42.8 Å². The largest absolute Gasteiger partial charge is 0.493 e. The molecule has 0 N–H and O–H groups in total. The van der Waals surface area contributed by atoms with Gasteiger partial charge in [-0.25, -0.2) is 4.79 Å². The molecule has 0 saturated heterocycles. The zero-order chi connectivity index (χ0) is 24.1. The number of rotatable bonds is 8. The van der Waals surface area contributed by atoms with Crippen LogP contribution in [0.3, 0.4) is 0 Å². The summed E-state index contributed by atoms with van der Waals surface area (Å²) >= 11 is 0. The fraction of sp³-hybridized carbons (Fsp3) is 0.185. The van der Waals surface area contributed by atoms with E-state index in [4.69, 9.17) is 23.7 Å². The second kappa shape index (κ2) is 10.1. The van der Waals surface area contributed by atoms with Gasteiger partial charge in [0.25, 0.3) is 0 Å². The van der Waals surface area contributed by atoms with Gasteiger partial charge in [0.1, 0.15) is 11.5 Å². The molecule has 0 spiro atoms. The second-order valence-corrected chi connectivity index (χ2v) is 7.37. The summed E-state index contributed by atoms with van der Waals surface area (Å²) in [6.45, 7) is 1.97. The SMILES string of the molecule is CCOC(=O)[C@H](Oc1ccc2c(c1)O/C(=C\c1ccc(OC)c(OC)c1)C2=O)c1ccccc1. The lowest BCUT2D eigenvalue weighted by atomic mass is 10.1. The number of carbonyl (C=O) groups is 2. The number of carbonyl (C=O) groups excluding carboxylic acids is 2. The number of fused-ring (bicyclic) bond motifs is 1. The van der Waals surface area contributed by atoms with E-state index in [-0.39, 0.29) is 18.1 Å². The van der Waals surface area contributed by atoms with Gasteiger partial charge in [-0.3, -0.25) is 4.79 Å². The third-order valence-electron chi connectivity index (χ3n) is 5.20. The molecule has 3 aromatic rings. The van der Waals surface area contributed by atoms with Crippen LogP contribution in [-0.4, -0.2) is 32.6 Å². The predicted octanol–water partition coefficient (Wildman–Crippen LogP) is 5.00. The first-order valence-corrected chi connectivity index (χ1v) is 10.7. The average Bonchev–Trinajstić information content (AvgIpc) is 3.17. The van der Waals surface area contributed by atoms with E-state index in [9.17, 15) is 9.59 Å². The van der Waals surface area contributed by atoms with Gasteiger partial charge in [0.05, 0.1) is 26.4 Å². The quantitative estimate of drug-likeness (QED) is 0.346. The number of methoxy groups -OCH3 is 2. The van der Waals surface area contributed by atoms with E-state index in [0.29, 0.717) is 34.1 Å². The van der Waals surface area contributed by atoms with Crippen molar-refractivity contribution in [1.82, 2.24) is 0 Å². The maximum absolute atomic E-state index is 12.9. The van der Waals surface area contributed by atoms with Crippen LogP contribution in [0.25, 0.3) is 6.08 Å². The maximum Gasteiger partial charge on any atom is 0.352 e. The van der Waals surface area contributed by atoms with Gasteiger partial charge in [0, 0.05) is 11.6 Å². The van der Waals surface area contributed by atoms with Crippen LogP contribution >= 0.6 is 0 Å². The Morgan fingerprint density at radius 2 is 1.74 bits per heavy atom. The molecule has 1 heterocycles. The third kappa shape index (κ3) is 4.73. The Labute approximate surface area is 197 Å². The van der Waals surface area contributed by atoms with Crippen LogP contribution in [0.5, 0.6) is 23.0 Å². The Balaban J connectivity index is 1.58. The lowest BCUT2D eigenvalue weighted by Gasteiger charge is -2.18. The van der Waals surface area contributed by atoms with Gasteiger partial charge in [-0.15, -0.1) is 0 Å². The van der Waals surface area contributed by atoms with Crippen molar-refractivity contribution in [3.05, 3.63) is 89.2 Å². The number of allylic oxidation sites excluding steroid dienone is 1. The molecule has 1 atom stereocenters. The molecule has 0 radical (unpaired) electrons. The zero-order valence-electron chi connectivity index (χ0n) is 19.1. The highest BCUT2D eigenvalue weighted by molar-refractivity contribution is 6.14. The van der Waals surface area contributed by atoms with Crippen molar-refractivity contribution in [3.63, 3.8) is 0 Å². The molecule has 7 heteroatoms. The third-order valence-corrected chi connectivity index (χ3v) is 5.20. The summed E-state index contributed by atoms with van der Waals surface area (Å²) in [4.78, 5) is 25.4. The van der Waals surface area contributed by atoms with Gasteiger partial charge in [-0.2, -0.15) is 0 Å². The molecule has 0 bridgehead atoms. The highest BCUT2D eigenvalue weighted by Gasteiger charge is 2.29. The van der Waals surface area contributed by atoms with Crippen LogP contribution < -0.4 is 18.9 Å². The number of esters is 1. The maximum atomic E-state index is 12.9. The normalized spacial score (nSPS) is 14.2.